The maximum absolute atomic E-state index is 5.09. The third-order valence-electron chi connectivity index (χ3n) is 5.19. The SMILES string of the molecule is c1ccc2c(c1)CCCc1ccc(-c3ccc4ccccc4c3)nc1-2. The molecule has 0 fully saturated rings. The predicted molar refractivity (Wildman–Crippen MR) is 105 cm³/mol. The lowest BCUT2D eigenvalue weighted by molar-refractivity contribution is 0.833. The summed E-state index contributed by atoms with van der Waals surface area (Å²) in [7, 11) is 0. The summed E-state index contributed by atoms with van der Waals surface area (Å²) in [5, 5.41) is 2.53. The number of benzene rings is 3. The van der Waals surface area contributed by atoms with Gasteiger partial charge in [-0.25, -0.2) is 4.98 Å². The van der Waals surface area contributed by atoms with Gasteiger partial charge in [0, 0.05) is 11.1 Å². The van der Waals surface area contributed by atoms with Crippen LogP contribution in [0.15, 0.2) is 78.9 Å². The number of fused-ring (bicyclic) bond motifs is 4. The minimum Gasteiger partial charge on any atom is -0.247 e. The van der Waals surface area contributed by atoms with E-state index in [1.54, 1.807) is 0 Å². The highest BCUT2D eigenvalue weighted by Gasteiger charge is 2.16. The van der Waals surface area contributed by atoms with Crippen LogP contribution in [0.25, 0.3) is 33.3 Å². The summed E-state index contributed by atoms with van der Waals surface area (Å²) in [6, 6.07) is 28.3. The van der Waals surface area contributed by atoms with E-state index in [2.05, 4.69) is 78.9 Å². The highest BCUT2D eigenvalue weighted by Crippen LogP contribution is 2.33. The van der Waals surface area contributed by atoms with Gasteiger partial charge in [0.25, 0.3) is 0 Å². The smallest absolute Gasteiger partial charge is 0.0744 e. The molecule has 0 amide bonds. The van der Waals surface area contributed by atoms with Crippen LogP contribution in [0.5, 0.6) is 0 Å². The second-order valence-corrected chi connectivity index (χ2v) is 6.78. The van der Waals surface area contributed by atoms with E-state index in [0.717, 1.165) is 18.5 Å². The quantitative estimate of drug-likeness (QED) is 0.415. The molecule has 25 heavy (non-hydrogen) atoms. The summed E-state index contributed by atoms with van der Waals surface area (Å²) in [4.78, 5) is 5.09. The Kier molecular flexibility index (Phi) is 3.38. The van der Waals surface area contributed by atoms with Crippen molar-refractivity contribution in [1.29, 1.82) is 0 Å². The van der Waals surface area contributed by atoms with Gasteiger partial charge in [-0.2, -0.15) is 0 Å². The van der Waals surface area contributed by atoms with E-state index in [4.69, 9.17) is 4.98 Å². The molecule has 0 atom stereocenters. The van der Waals surface area contributed by atoms with Crippen LogP contribution in [0.3, 0.4) is 0 Å². The van der Waals surface area contributed by atoms with Crippen LogP contribution < -0.4 is 0 Å². The van der Waals surface area contributed by atoms with Crippen molar-refractivity contribution in [2.24, 2.45) is 0 Å². The Morgan fingerprint density at radius 1 is 0.640 bits per heavy atom. The van der Waals surface area contributed by atoms with Crippen LogP contribution in [0, 0.1) is 0 Å². The molecule has 4 aromatic rings. The number of hydrogen-bond acceptors (Lipinski definition) is 1. The van der Waals surface area contributed by atoms with E-state index >= 15 is 0 Å². The Morgan fingerprint density at radius 3 is 2.40 bits per heavy atom. The van der Waals surface area contributed by atoms with Crippen LogP contribution in [0.1, 0.15) is 17.5 Å². The molecule has 0 saturated carbocycles. The molecule has 0 bridgehead atoms. The highest BCUT2D eigenvalue weighted by molar-refractivity contribution is 5.87. The number of aryl methyl sites for hydroxylation is 2. The zero-order chi connectivity index (χ0) is 16.6. The lowest BCUT2D eigenvalue weighted by Crippen LogP contribution is -1.94. The Bertz CT molecular complexity index is 1080. The molecule has 1 aliphatic carbocycles. The van der Waals surface area contributed by atoms with Crippen molar-refractivity contribution in [2.45, 2.75) is 19.3 Å². The zero-order valence-electron chi connectivity index (χ0n) is 14.1. The van der Waals surface area contributed by atoms with E-state index in [1.807, 2.05) is 0 Å². The number of aromatic nitrogens is 1. The summed E-state index contributed by atoms with van der Waals surface area (Å²) in [6.07, 6.45) is 3.44. The number of rotatable bonds is 1. The molecule has 3 aromatic carbocycles. The van der Waals surface area contributed by atoms with E-state index in [9.17, 15) is 0 Å². The van der Waals surface area contributed by atoms with Crippen LogP contribution in [0.4, 0.5) is 0 Å². The lowest BCUT2D eigenvalue weighted by Gasteiger charge is -2.11. The molecular weight excluding hydrogens is 302 g/mol. The van der Waals surface area contributed by atoms with E-state index < -0.39 is 0 Å². The Hall–Kier alpha value is -2.93. The van der Waals surface area contributed by atoms with Crippen LogP contribution in [0.2, 0.25) is 0 Å². The summed E-state index contributed by atoms with van der Waals surface area (Å²) >= 11 is 0. The molecule has 1 aliphatic rings. The highest BCUT2D eigenvalue weighted by atomic mass is 14.7. The van der Waals surface area contributed by atoms with Gasteiger partial charge < -0.3 is 0 Å². The molecule has 0 unspecified atom stereocenters. The fraction of sp³-hybridized carbons (Fsp3) is 0.125. The van der Waals surface area contributed by atoms with Gasteiger partial charge >= 0.3 is 0 Å². The van der Waals surface area contributed by atoms with Crippen molar-refractivity contribution in [3.8, 4) is 22.5 Å². The number of hydrogen-bond donors (Lipinski definition) is 0. The van der Waals surface area contributed by atoms with Gasteiger partial charge in [0.05, 0.1) is 11.4 Å². The minimum atomic E-state index is 1.06. The maximum atomic E-state index is 5.09. The molecule has 0 aliphatic heterocycles. The third kappa shape index (κ3) is 2.53. The summed E-state index contributed by atoms with van der Waals surface area (Å²) in [6.45, 7) is 0. The first kappa shape index (κ1) is 14.4. The van der Waals surface area contributed by atoms with Crippen molar-refractivity contribution in [1.82, 2.24) is 4.98 Å². The van der Waals surface area contributed by atoms with E-state index in [-0.39, 0.29) is 0 Å². The van der Waals surface area contributed by atoms with Crippen molar-refractivity contribution in [3.63, 3.8) is 0 Å². The molecule has 120 valence electrons. The van der Waals surface area contributed by atoms with Crippen molar-refractivity contribution in [3.05, 3.63) is 90.0 Å². The molecule has 0 radical (unpaired) electrons. The van der Waals surface area contributed by atoms with Gasteiger partial charge in [0.2, 0.25) is 0 Å². The first-order valence-electron chi connectivity index (χ1n) is 8.96. The molecule has 5 rings (SSSR count). The van der Waals surface area contributed by atoms with E-state index in [1.165, 1.54) is 45.1 Å². The molecule has 1 aromatic heterocycles. The molecule has 0 N–H and O–H groups in total. The maximum Gasteiger partial charge on any atom is 0.0744 e. The van der Waals surface area contributed by atoms with Crippen molar-refractivity contribution in [2.75, 3.05) is 0 Å². The first-order chi connectivity index (χ1) is 12.4. The fourth-order valence-electron chi connectivity index (χ4n) is 3.87. The summed E-state index contributed by atoms with van der Waals surface area (Å²) in [5.41, 5.74) is 7.50. The molecule has 0 saturated heterocycles. The topological polar surface area (TPSA) is 12.9 Å². The summed E-state index contributed by atoms with van der Waals surface area (Å²) in [5.74, 6) is 0. The molecule has 1 heteroatoms. The van der Waals surface area contributed by atoms with Crippen LogP contribution in [-0.4, -0.2) is 4.98 Å². The van der Waals surface area contributed by atoms with E-state index in [0.29, 0.717) is 0 Å². The number of nitrogens with zero attached hydrogens (tertiary/aromatic N) is 1. The average Bonchev–Trinajstić information content (AvgIpc) is 2.86. The zero-order valence-corrected chi connectivity index (χ0v) is 14.1. The third-order valence-corrected chi connectivity index (χ3v) is 5.19. The van der Waals surface area contributed by atoms with Gasteiger partial charge in [0.1, 0.15) is 0 Å². The first-order valence-corrected chi connectivity index (χ1v) is 8.96. The van der Waals surface area contributed by atoms with Crippen molar-refractivity contribution < 1.29 is 0 Å². The Balaban J connectivity index is 1.68. The standard InChI is InChI=1S/C24H19N/c1-2-8-20-16-21(13-12-17(20)6-1)23-15-14-19-10-5-9-18-7-3-4-11-22(18)24(19)25-23/h1-4,6-8,11-16H,5,9-10H2. The van der Waals surface area contributed by atoms with Gasteiger partial charge in [-0.1, -0.05) is 66.7 Å². The second kappa shape index (κ2) is 5.86. The van der Waals surface area contributed by atoms with Gasteiger partial charge in [0.15, 0.2) is 0 Å². The Morgan fingerprint density at radius 2 is 1.44 bits per heavy atom. The largest absolute Gasteiger partial charge is 0.247 e. The monoisotopic (exact) mass is 321 g/mol. The van der Waals surface area contributed by atoms with Crippen LogP contribution in [-0.2, 0) is 12.8 Å². The minimum absolute atomic E-state index is 1.06. The average molecular weight is 321 g/mol. The summed E-state index contributed by atoms with van der Waals surface area (Å²) < 4.78 is 0. The van der Waals surface area contributed by atoms with Gasteiger partial charge in [-0.3, -0.25) is 0 Å². The fourth-order valence-corrected chi connectivity index (χ4v) is 3.87. The normalized spacial score (nSPS) is 13.1. The number of pyridine rings is 1. The molecule has 1 heterocycles. The van der Waals surface area contributed by atoms with Crippen LogP contribution >= 0.6 is 0 Å². The second-order valence-electron chi connectivity index (χ2n) is 6.78. The Labute approximate surface area is 148 Å². The molecule has 1 nitrogen and oxygen atoms in total. The van der Waals surface area contributed by atoms with Gasteiger partial charge in [-0.05, 0) is 53.3 Å². The molecular formula is C24H19N. The predicted octanol–water partition coefficient (Wildman–Crippen LogP) is 6.06. The molecule has 0 spiro atoms. The lowest BCUT2D eigenvalue weighted by atomic mass is 9.99. The van der Waals surface area contributed by atoms with Gasteiger partial charge in [-0.15, -0.1) is 0 Å². The van der Waals surface area contributed by atoms with Crippen molar-refractivity contribution >= 4 is 10.8 Å².